The average molecular weight is 313 g/mol. The van der Waals surface area contributed by atoms with Crippen LogP contribution < -0.4 is 5.73 Å². The first-order valence-electron chi connectivity index (χ1n) is 6.06. The Bertz CT molecular complexity index is 599. The lowest BCUT2D eigenvalue weighted by Gasteiger charge is -2.10. The Morgan fingerprint density at radius 2 is 1.42 bits per heavy atom. The van der Waals surface area contributed by atoms with Crippen molar-refractivity contribution >= 4 is 34.8 Å². The van der Waals surface area contributed by atoms with Gasteiger partial charge in [0.15, 0.2) is 0 Å². The van der Waals surface area contributed by atoms with Crippen LogP contribution >= 0.6 is 34.8 Å². The Morgan fingerprint density at radius 3 is 1.89 bits per heavy atom. The molecule has 0 radical (unpaired) electrons. The summed E-state index contributed by atoms with van der Waals surface area (Å²) in [6.07, 6.45) is 0.958. The van der Waals surface area contributed by atoms with Crippen LogP contribution in [0.15, 0.2) is 36.4 Å². The SMILES string of the molecule is NC1CC1c1c(Cl)cc(-c2ccc(Cl)cc2)cc1Cl. The minimum atomic E-state index is 0.191. The standard InChI is InChI=1S/C15H12Cl3N/c16-10-3-1-8(2-4-10)9-5-12(17)15(13(18)6-9)11-7-14(11)19/h1-6,11,14H,7,19H2. The summed E-state index contributed by atoms with van der Waals surface area (Å²) in [5, 5.41) is 2.09. The quantitative estimate of drug-likeness (QED) is 0.817. The van der Waals surface area contributed by atoms with Gasteiger partial charge in [-0.3, -0.25) is 0 Å². The number of rotatable bonds is 2. The fraction of sp³-hybridized carbons (Fsp3) is 0.200. The molecule has 98 valence electrons. The van der Waals surface area contributed by atoms with Crippen LogP contribution in [-0.4, -0.2) is 6.04 Å². The Kier molecular flexibility index (Phi) is 3.48. The molecule has 3 rings (SSSR count). The first kappa shape index (κ1) is 13.3. The van der Waals surface area contributed by atoms with E-state index in [-0.39, 0.29) is 6.04 Å². The molecule has 2 N–H and O–H groups in total. The average Bonchev–Trinajstić information content (AvgIpc) is 3.06. The van der Waals surface area contributed by atoms with E-state index in [1.165, 1.54) is 0 Å². The van der Waals surface area contributed by atoms with Crippen LogP contribution in [0.1, 0.15) is 17.9 Å². The highest BCUT2D eigenvalue weighted by Gasteiger charge is 2.37. The summed E-state index contributed by atoms with van der Waals surface area (Å²) < 4.78 is 0. The van der Waals surface area contributed by atoms with Gasteiger partial charge in [-0.15, -0.1) is 0 Å². The normalized spacial score (nSPS) is 21.5. The van der Waals surface area contributed by atoms with E-state index in [1.807, 2.05) is 36.4 Å². The Hall–Kier alpha value is -0.730. The van der Waals surface area contributed by atoms with Crippen LogP contribution in [0, 0.1) is 0 Å². The maximum atomic E-state index is 6.35. The van der Waals surface area contributed by atoms with Crippen molar-refractivity contribution in [2.75, 3.05) is 0 Å². The van der Waals surface area contributed by atoms with E-state index in [4.69, 9.17) is 40.5 Å². The highest BCUT2D eigenvalue weighted by atomic mass is 35.5. The summed E-state index contributed by atoms with van der Waals surface area (Å²) in [4.78, 5) is 0. The zero-order valence-corrected chi connectivity index (χ0v) is 12.3. The summed E-state index contributed by atoms with van der Waals surface area (Å²) in [6.45, 7) is 0. The van der Waals surface area contributed by atoms with Crippen molar-refractivity contribution < 1.29 is 0 Å². The lowest BCUT2D eigenvalue weighted by molar-refractivity contribution is 0.991. The molecule has 0 spiro atoms. The van der Waals surface area contributed by atoms with Crippen LogP contribution in [0.25, 0.3) is 11.1 Å². The van der Waals surface area contributed by atoms with Crippen molar-refractivity contribution in [2.24, 2.45) is 5.73 Å². The predicted molar refractivity (Wildman–Crippen MR) is 82.2 cm³/mol. The second-order valence-corrected chi connectivity index (χ2v) is 6.12. The maximum absolute atomic E-state index is 6.35. The van der Waals surface area contributed by atoms with Crippen molar-refractivity contribution in [3.8, 4) is 11.1 Å². The first-order chi connectivity index (χ1) is 9.06. The molecule has 1 aliphatic rings. The molecule has 1 fully saturated rings. The maximum Gasteiger partial charge on any atom is 0.0462 e. The van der Waals surface area contributed by atoms with Crippen LogP contribution in [-0.2, 0) is 0 Å². The molecule has 0 saturated heterocycles. The summed E-state index contributed by atoms with van der Waals surface area (Å²) in [5.41, 5.74) is 8.88. The summed E-state index contributed by atoms with van der Waals surface area (Å²) >= 11 is 18.6. The Labute approximate surface area is 127 Å². The zero-order valence-electron chi connectivity index (χ0n) is 10.0. The molecular weight excluding hydrogens is 301 g/mol. The van der Waals surface area contributed by atoms with E-state index in [2.05, 4.69) is 0 Å². The second kappa shape index (κ2) is 4.99. The van der Waals surface area contributed by atoms with Gasteiger partial charge in [0.2, 0.25) is 0 Å². The molecule has 1 saturated carbocycles. The monoisotopic (exact) mass is 311 g/mol. The number of hydrogen-bond acceptors (Lipinski definition) is 1. The van der Waals surface area contributed by atoms with Gasteiger partial charge in [0.1, 0.15) is 0 Å². The fourth-order valence-electron chi connectivity index (χ4n) is 2.29. The minimum absolute atomic E-state index is 0.191. The van der Waals surface area contributed by atoms with Gasteiger partial charge >= 0.3 is 0 Å². The summed E-state index contributed by atoms with van der Waals surface area (Å²) in [5.74, 6) is 0.305. The van der Waals surface area contributed by atoms with Crippen LogP contribution in [0.4, 0.5) is 0 Å². The van der Waals surface area contributed by atoms with E-state index >= 15 is 0 Å². The summed E-state index contributed by atoms with van der Waals surface area (Å²) in [7, 11) is 0. The molecular formula is C15H12Cl3N. The third-order valence-corrected chi connectivity index (χ3v) is 4.34. The Morgan fingerprint density at radius 1 is 0.895 bits per heavy atom. The molecule has 1 aliphatic carbocycles. The first-order valence-corrected chi connectivity index (χ1v) is 7.20. The van der Waals surface area contributed by atoms with Crippen molar-refractivity contribution in [3.05, 3.63) is 57.0 Å². The van der Waals surface area contributed by atoms with Crippen LogP contribution in [0.3, 0.4) is 0 Å². The smallest absolute Gasteiger partial charge is 0.0462 e. The topological polar surface area (TPSA) is 26.0 Å². The number of nitrogens with two attached hydrogens (primary N) is 1. The van der Waals surface area contributed by atoms with Gasteiger partial charge < -0.3 is 5.73 Å². The highest BCUT2D eigenvalue weighted by molar-refractivity contribution is 6.36. The van der Waals surface area contributed by atoms with Gasteiger partial charge in [-0.2, -0.15) is 0 Å². The third-order valence-electron chi connectivity index (χ3n) is 3.47. The lowest BCUT2D eigenvalue weighted by atomic mass is 10.0. The molecule has 4 heteroatoms. The molecule has 1 nitrogen and oxygen atoms in total. The molecule has 2 unspecified atom stereocenters. The molecule has 2 atom stereocenters. The van der Waals surface area contributed by atoms with Crippen molar-refractivity contribution in [1.29, 1.82) is 0 Å². The molecule has 0 bridgehead atoms. The van der Waals surface area contributed by atoms with Gasteiger partial charge in [0, 0.05) is 27.0 Å². The Balaban J connectivity index is 2.02. The largest absolute Gasteiger partial charge is 0.327 e. The number of benzene rings is 2. The molecule has 0 heterocycles. The van der Waals surface area contributed by atoms with Crippen LogP contribution in [0.5, 0.6) is 0 Å². The second-order valence-electron chi connectivity index (χ2n) is 4.87. The van der Waals surface area contributed by atoms with Gasteiger partial charge in [0.05, 0.1) is 0 Å². The third kappa shape index (κ3) is 2.61. The number of halogens is 3. The molecule has 0 amide bonds. The van der Waals surface area contributed by atoms with Gasteiger partial charge in [-0.05, 0) is 47.4 Å². The molecule has 0 aliphatic heterocycles. The molecule has 2 aromatic carbocycles. The van der Waals surface area contributed by atoms with Gasteiger partial charge in [0.25, 0.3) is 0 Å². The summed E-state index contributed by atoms with van der Waals surface area (Å²) in [6, 6.07) is 11.7. The molecule has 2 aromatic rings. The highest BCUT2D eigenvalue weighted by Crippen LogP contribution is 2.46. The van der Waals surface area contributed by atoms with E-state index in [9.17, 15) is 0 Å². The van der Waals surface area contributed by atoms with Gasteiger partial charge in [-0.1, -0.05) is 46.9 Å². The molecule has 19 heavy (non-hydrogen) atoms. The van der Waals surface area contributed by atoms with E-state index in [1.54, 1.807) is 0 Å². The van der Waals surface area contributed by atoms with Crippen molar-refractivity contribution in [1.82, 2.24) is 0 Å². The van der Waals surface area contributed by atoms with E-state index in [0.29, 0.717) is 21.0 Å². The zero-order chi connectivity index (χ0) is 13.6. The predicted octanol–water partition coefficient (Wildman–Crippen LogP) is 5.13. The van der Waals surface area contributed by atoms with Gasteiger partial charge in [-0.25, -0.2) is 0 Å². The minimum Gasteiger partial charge on any atom is -0.327 e. The van der Waals surface area contributed by atoms with E-state index < -0.39 is 0 Å². The fourth-order valence-corrected chi connectivity index (χ4v) is 3.19. The van der Waals surface area contributed by atoms with Crippen LogP contribution in [0.2, 0.25) is 15.1 Å². The van der Waals surface area contributed by atoms with E-state index in [0.717, 1.165) is 23.1 Å². The van der Waals surface area contributed by atoms with Crippen molar-refractivity contribution in [3.63, 3.8) is 0 Å². The lowest BCUT2D eigenvalue weighted by Crippen LogP contribution is -2.01. The molecule has 0 aromatic heterocycles. The van der Waals surface area contributed by atoms with Crippen molar-refractivity contribution in [2.45, 2.75) is 18.4 Å². The number of hydrogen-bond donors (Lipinski definition) is 1.